The van der Waals surface area contributed by atoms with Crippen molar-refractivity contribution < 1.29 is 50.9 Å². The summed E-state index contributed by atoms with van der Waals surface area (Å²) in [5.41, 5.74) is -2.45. The lowest BCUT2D eigenvalue weighted by Crippen LogP contribution is -2.54. The smallest absolute Gasteiger partial charge is 0.416 e. The minimum absolute atomic E-state index is 0.104. The number of rotatable bonds is 12. The molecule has 5 rings (SSSR count). The number of ether oxygens (including phenoxy) is 4. The molecule has 276 valence electrons. The SMILES string of the molecule is CCOP(=O)(OCC)C(C)(CO)S(=O)(=O)C[C@@]12OC(C)(C)O[C@H]1CO[C@H]2n1ncc2c(N(C(=O)OC(C)(C)C)C3CCCC3)nc(Cl)nc21. The highest BCUT2D eigenvalue weighted by molar-refractivity contribution is 7.99. The second-order valence-electron chi connectivity index (χ2n) is 14.1. The van der Waals surface area contributed by atoms with Crippen LogP contribution >= 0.6 is 19.2 Å². The second kappa shape index (κ2) is 13.6. The van der Waals surface area contributed by atoms with Crippen LogP contribution in [0.2, 0.25) is 5.28 Å². The number of aromatic nitrogens is 4. The van der Waals surface area contributed by atoms with Crippen molar-refractivity contribution in [3.8, 4) is 0 Å². The Bertz CT molecular complexity index is 1700. The topological polar surface area (TPSA) is 191 Å². The normalized spacial score (nSPS) is 25.8. The monoisotopic (exact) mass is 751 g/mol. The number of anilines is 1. The molecule has 19 heteroatoms. The quantitative estimate of drug-likeness (QED) is 0.226. The summed E-state index contributed by atoms with van der Waals surface area (Å²) in [6.07, 6.45) is 1.89. The number of sulfone groups is 1. The summed E-state index contributed by atoms with van der Waals surface area (Å²) in [5, 5.41) is 15.2. The van der Waals surface area contributed by atoms with E-state index in [0.717, 1.165) is 32.6 Å². The molecule has 16 nitrogen and oxygen atoms in total. The Balaban J connectivity index is 1.64. The van der Waals surface area contributed by atoms with E-state index in [1.54, 1.807) is 48.5 Å². The molecule has 1 saturated carbocycles. The maximum absolute atomic E-state index is 14.5. The molecular weight excluding hydrogens is 705 g/mol. The molecule has 2 aromatic heterocycles. The van der Waals surface area contributed by atoms with Crippen molar-refractivity contribution in [2.45, 2.75) is 121 Å². The molecule has 3 fully saturated rings. The summed E-state index contributed by atoms with van der Waals surface area (Å²) in [6.45, 7) is 11.4. The van der Waals surface area contributed by atoms with Gasteiger partial charge in [0, 0.05) is 6.04 Å². The lowest BCUT2D eigenvalue weighted by Gasteiger charge is -2.38. The van der Waals surface area contributed by atoms with Gasteiger partial charge in [0.05, 0.1) is 43.8 Å². The van der Waals surface area contributed by atoms with E-state index in [4.69, 9.17) is 39.6 Å². The van der Waals surface area contributed by atoms with Gasteiger partial charge in [-0.2, -0.15) is 15.1 Å². The van der Waals surface area contributed by atoms with Crippen LogP contribution < -0.4 is 4.90 Å². The number of hydrogen-bond acceptors (Lipinski definition) is 14. The zero-order chi connectivity index (χ0) is 36.2. The van der Waals surface area contributed by atoms with Gasteiger partial charge in [-0.3, -0.25) is 9.46 Å². The highest BCUT2D eigenvalue weighted by atomic mass is 35.5. The van der Waals surface area contributed by atoms with Gasteiger partial charge < -0.3 is 33.1 Å². The minimum atomic E-state index is -4.64. The molecule has 1 aliphatic carbocycles. The van der Waals surface area contributed by atoms with Gasteiger partial charge in [0.15, 0.2) is 43.4 Å². The largest absolute Gasteiger partial charge is 0.443 e. The third kappa shape index (κ3) is 6.87. The molecule has 1 unspecified atom stereocenters. The van der Waals surface area contributed by atoms with Crippen LogP contribution in [0.3, 0.4) is 0 Å². The minimum Gasteiger partial charge on any atom is -0.443 e. The lowest BCUT2D eigenvalue weighted by atomic mass is 10.00. The zero-order valence-corrected chi connectivity index (χ0v) is 31.6. The van der Waals surface area contributed by atoms with Crippen molar-refractivity contribution in [3.05, 3.63) is 11.5 Å². The Kier molecular flexibility index (Phi) is 10.6. The van der Waals surface area contributed by atoms with Crippen molar-refractivity contribution in [3.63, 3.8) is 0 Å². The first kappa shape index (κ1) is 38.3. The Hall–Kier alpha value is -1.95. The second-order valence-corrected chi connectivity index (χ2v) is 19.7. The van der Waals surface area contributed by atoms with E-state index in [0.29, 0.717) is 5.39 Å². The third-order valence-electron chi connectivity index (χ3n) is 8.92. The first-order valence-electron chi connectivity index (χ1n) is 16.4. The van der Waals surface area contributed by atoms with Gasteiger partial charge in [0.1, 0.15) is 11.7 Å². The van der Waals surface area contributed by atoms with Gasteiger partial charge in [0.2, 0.25) is 5.28 Å². The number of halogens is 1. The van der Waals surface area contributed by atoms with Crippen LogP contribution in [0, 0.1) is 0 Å². The van der Waals surface area contributed by atoms with Crippen LogP contribution in [0.15, 0.2) is 6.20 Å². The van der Waals surface area contributed by atoms with Crippen LogP contribution in [0.1, 0.15) is 87.3 Å². The van der Waals surface area contributed by atoms with E-state index < -0.39 is 69.7 Å². The predicted molar refractivity (Wildman–Crippen MR) is 179 cm³/mol. The molecule has 0 radical (unpaired) electrons. The Labute approximate surface area is 291 Å². The van der Waals surface area contributed by atoms with Gasteiger partial charge in [-0.25, -0.2) is 17.9 Å². The number of amides is 1. The zero-order valence-electron chi connectivity index (χ0n) is 29.2. The average Bonchev–Trinajstić information content (AvgIpc) is 3.75. The first-order valence-corrected chi connectivity index (χ1v) is 20.0. The van der Waals surface area contributed by atoms with E-state index in [2.05, 4.69) is 15.1 Å². The van der Waals surface area contributed by atoms with Crippen LogP contribution in [0.5, 0.6) is 0 Å². The fourth-order valence-corrected chi connectivity index (χ4v) is 11.7. The number of aliphatic hydroxyl groups excluding tert-OH is 1. The molecule has 0 aromatic carbocycles. The summed E-state index contributed by atoms with van der Waals surface area (Å²) >= 11 is 6.51. The van der Waals surface area contributed by atoms with Crippen LogP contribution in [-0.2, 0) is 42.4 Å². The summed E-state index contributed by atoms with van der Waals surface area (Å²) in [5.74, 6) is -1.93. The molecule has 1 N–H and O–H groups in total. The molecular formula is C30H47ClN5O11PS. The van der Waals surface area contributed by atoms with Gasteiger partial charge in [-0.1, -0.05) is 12.8 Å². The van der Waals surface area contributed by atoms with E-state index in [1.165, 1.54) is 15.8 Å². The molecule has 1 amide bonds. The first-order chi connectivity index (χ1) is 22.8. The lowest BCUT2D eigenvalue weighted by molar-refractivity contribution is -0.205. The van der Waals surface area contributed by atoms with Crippen molar-refractivity contribution in [2.24, 2.45) is 0 Å². The van der Waals surface area contributed by atoms with Crippen molar-refractivity contribution in [1.82, 2.24) is 19.7 Å². The van der Waals surface area contributed by atoms with E-state index in [-0.39, 0.29) is 42.6 Å². The van der Waals surface area contributed by atoms with Crippen molar-refractivity contribution >= 4 is 52.0 Å². The number of hydrogen-bond donors (Lipinski definition) is 1. The fraction of sp³-hybridized carbons (Fsp3) is 0.800. The molecule has 4 atom stereocenters. The Morgan fingerprint density at radius 1 is 1.16 bits per heavy atom. The summed E-state index contributed by atoms with van der Waals surface area (Å²) < 4.78 is 77.3. The van der Waals surface area contributed by atoms with E-state index in [1.807, 2.05) is 0 Å². The van der Waals surface area contributed by atoms with Gasteiger partial charge in [-0.05, 0) is 79.8 Å². The maximum atomic E-state index is 14.5. The number of carbonyl (C=O) groups is 1. The van der Waals surface area contributed by atoms with E-state index in [9.17, 15) is 22.9 Å². The summed E-state index contributed by atoms with van der Waals surface area (Å²) in [6, 6.07) is -0.217. The van der Waals surface area contributed by atoms with Crippen LogP contribution in [-0.4, -0.2) is 105 Å². The summed E-state index contributed by atoms with van der Waals surface area (Å²) in [7, 11) is -9.09. The Morgan fingerprint density at radius 3 is 2.37 bits per heavy atom. The number of carbonyl (C=O) groups excluding carboxylic acids is 1. The molecule has 2 saturated heterocycles. The highest BCUT2D eigenvalue weighted by Gasteiger charge is 2.68. The molecule has 2 aliphatic heterocycles. The molecule has 0 bridgehead atoms. The van der Waals surface area contributed by atoms with Crippen LogP contribution in [0.4, 0.5) is 10.6 Å². The van der Waals surface area contributed by atoms with Crippen LogP contribution in [0.25, 0.3) is 11.0 Å². The maximum Gasteiger partial charge on any atom is 0.416 e. The standard InChI is InChI=1S/C30H47ClN5O11PS/c1-9-43-48(39,44-10-2)29(8,17-37)49(40,41)18-30-21(45-28(6,7)47-30)16-42-24(30)36-23-20(15-32-36)22(33-25(31)34-23)35(19-13-11-12-14-19)26(38)46-27(3,4)5/h15,19,21,24,37H,9-14,16-18H2,1-8H3/t21-,24+,29?,30+/m0/s1. The van der Waals surface area contributed by atoms with Gasteiger partial charge in [-0.15, -0.1) is 0 Å². The van der Waals surface area contributed by atoms with Crippen molar-refractivity contribution in [1.29, 1.82) is 0 Å². The van der Waals surface area contributed by atoms with Gasteiger partial charge >= 0.3 is 13.7 Å². The molecule has 2 aromatic rings. The number of fused-ring (bicyclic) bond motifs is 2. The Morgan fingerprint density at radius 2 is 1.80 bits per heavy atom. The molecule has 49 heavy (non-hydrogen) atoms. The van der Waals surface area contributed by atoms with Gasteiger partial charge in [0.25, 0.3) is 0 Å². The average molecular weight is 752 g/mol. The van der Waals surface area contributed by atoms with Crippen molar-refractivity contribution in [2.75, 3.05) is 37.1 Å². The van der Waals surface area contributed by atoms with E-state index >= 15 is 0 Å². The third-order valence-corrected chi connectivity index (χ3v) is 15.4. The molecule has 4 heterocycles. The molecule has 0 spiro atoms. The predicted octanol–water partition coefficient (Wildman–Crippen LogP) is 4.97. The summed E-state index contributed by atoms with van der Waals surface area (Å²) in [4.78, 5) is 24.1. The molecule has 3 aliphatic rings. The number of nitrogens with zero attached hydrogens (tertiary/aromatic N) is 5. The highest BCUT2D eigenvalue weighted by Crippen LogP contribution is 2.63. The fourth-order valence-electron chi connectivity index (χ4n) is 6.75. The number of aliphatic hydroxyl groups is 1.